The van der Waals surface area contributed by atoms with Gasteiger partial charge in [0.05, 0.1) is 43.6 Å². The van der Waals surface area contributed by atoms with Crippen molar-refractivity contribution >= 4 is 39.6 Å². The molecule has 42 heavy (non-hydrogen) atoms. The van der Waals surface area contributed by atoms with Crippen LogP contribution in [0.25, 0.3) is 16.3 Å². The highest BCUT2D eigenvalue weighted by Gasteiger charge is 2.49. The van der Waals surface area contributed by atoms with E-state index in [0.29, 0.717) is 54.0 Å². The van der Waals surface area contributed by atoms with Gasteiger partial charge in [-0.25, -0.2) is 0 Å². The Labute approximate surface area is 247 Å². The van der Waals surface area contributed by atoms with Crippen LogP contribution >= 0.6 is 11.6 Å². The van der Waals surface area contributed by atoms with Crippen LogP contribution in [0.5, 0.6) is 0 Å². The number of benzene rings is 2. The van der Waals surface area contributed by atoms with E-state index in [4.69, 9.17) is 16.3 Å². The molecule has 2 aliphatic heterocycles. The molecule has 1 amide bonds. The SMILES string of the molecule is O=C(Cc1cn2c(C(=O)[C@@]3(CO)NCCC3O)cc3cc(CN4CCOCC4)cc(c1=O)c32)NCc1ccc(Cl)cc1. The molecule has 1 unspecified atom stereocenters. The maximum atomic E-state index is 14.0. The summed E-state index contributed by atoms with van der Waals surface area (Å²) in [4.78, 5) is 43.0. The van der Waals surface area contributed by atoms with E-state index in [0.717, 1.165) is 24.2 Å². The number of nitrogens with one attached hydrogen (secondary N) is 2. The monoisotopic (exact) mass is 592 g/mol. The van der Waals surface area contributed by atoms with Crippen molar-refractivity contribution in [1.82, 2.24) is 19.9 Å². The zero-order valence-corrected chi connectivity index (χ0v) is 23.8. The number of Topliss-reactive ketones (excluding diaryl/α,β-unsaturated/α-hetero) is 1. The number of hydrogen-bond acceptors (Lipinski definition) is 8. The number of morpholine rings is 1. The molecular weight excluding hydrogens is 560 g/mol. The predicted molar refractivity (Wildman–Crippen MR) is 158 cm³/mol. The van der Waals surface area contributed by atoms with Gasteiger partial charge in [0.2, 0.25) is 11.7 Å². The summed E-state index contributed by atoms with van der Waals surface area (Å²) >= 11 is 5.95. The quantitative estimate of drug-likeness (QED) is 0.215. The summed E-state index contributed by atoms with van der Waals surface area (Å²) < 4.78 is 7.11. The lowest BCUT2D eigenvalue weighted by Crippen LogP contribution is -2.57. The average molecular weight is 593 g/mol. The minimum absolute atomic E-state index is 0.182. The first-order valence-electron chi connectivity index (χ1n) is 14.1. The van der Waals surface area contributed by atoms with Crippen LogP contribution in [0.15, 0.2) is 53.5 Å². The normalized spacial score (nSPS) is 21.4. The van der Waals surface area contributed by atoms with Gasteiger partial charge in [0, 0.05) is 53.7 Å². The Morgan fingerprint density at radius 2 is 1.88 bits per heavy atom. The summed E-state index contributed by atoms with van der Waals surface area (Å²) in [7, 11) is 0. The molecule has 10 nitrogen and oxygen atoms in total. The number of halogens is 1. The lowest BCUT2D eigenvalue weighted by Gasteiger charge is -2.29. The van der Waals surface area contributed by atoms with Gasteiger partial charge in [-0.05, 0) is 54.4 Å². The molecule has 2 aliphatic rings. The third kappa shape index (κ3) is 5.30. The zero-order chi connectivity index (χ0) is 29.4. The molecule has 0 radical (unpaired) electrons. The molecule has 2 aromatic heterocycles. The standard InChI is InChI=1S/C31H33ClN4O6/c32-23-3-1-19(2-4-23)15-33-27(39)14-22-17-36-25(30(41)31(18-37)26(38)5-6-34-31)13-21-11-20(12-24(28(21)36)29(22)40)16-35-7-9-42-10-8-35/h1-4,11-13,17,26,34,37-38H,5-10,14-16,18H2,(H,33,39)/t26?,31-/m0/s1. The molecule has 2 fully saturated rings. The summed E-state index contributed by atoms with van der Waals surface area (Å²) in [6.07, 6.45) is 0.624. The van der Waals surface area contributed by atoms with Crippen molar-refractivity contribution in [2.24, 2.45) is 0 Å². The van der Waals surface area contributed by atoms with E-state index in [1.807, 2.05) is 24.3 Å². The van der Waals surface area contributed by atoms with Gasteiger partial charge >= 0.3 is 0 Å². The number of pyridine rings is 1. The molecule has 220 valence electrons. The van der Waals surface area contributed by atoms with Crippen molar-refractivity contribution in [3.63, 3.8) is 0 Å². The van der Waals surface area contributed by atoms with Gasteiger partial charge in [-0.3, -0.25) is 19.3 Å². The predicted octanol–water partition coefficient (Wildman–Crippen LogP) is 1.50. The van der Waals surface area contributed by atoms with Crippen molar-refractivity contribution in [1.29, 1.82) is 0 Å². The number of rotatable bonds is 9. The highest BCUT2D eigenvalue weighted by atomic mass is 35.5. The fourth-order valence-corrected chi connectivity index (χ4v) is 6.19. The summed E-state index contributed by atoms with van der Waals surface area (Å²) in [6, 6.07) is 12.6. The third-order valence-electron chi connectivity index (χ3n) is 8.39. The van der Waals surface area contributed by atoms with Gasteiger partial charge in [-0.15, -0.1) is 0 Å². The van der Waals surface area contributed by atoms with Crippen LogP contribution in [-0.2, 0) is 29.0 Å². The van der Waals surface area contributed by atoms with Crippen molar-refractivity contribution < 1.29 is 24.5 Å². The maximum absolute atomic E-state index is 14.0. The van der Waals surface area contributed by atoms with Crippen molar-refractivity contribution in [3.8, 4) is 0 Å². The molecule has 2 saturated heterocycles. The molecule has 4 aromatic rings. The molecule has 4 heterocycles. The van der Waals surface area contributed by atoms with Crippen molar-refractivity contribution in [3.05, 3.63) is 86.3 Å². The Hall–Kier alpha value is -3.38. The van der Waals surface area contributed by atoms with Crippen LogP contribution in [0, 0.1) is 0 Å². The van der Waals surface area contributed by atoms with Crippen LogP contribution < -0.4 is 16.1 Å². The highest BCUT2D eigenvalue weighted by Crippen LogP contribution is 2.31. The molecular formula is C31H33ClN4O6. The summed E-state index contributed by atoms with van der Waals surface area (Å²) in [5, 5.41) is 28.5. The van der Waals surface area contributed by atoms with Gasteiger partial charge in [-0.1, -0.05) is 23.7 Å². The number of carbonyl (C=O) groups excluding carboxylic acids is 2. The Balaban J connectivity index is 1.40. The second-order valence-electron chi connectivity index (χ2n) is 11.1. The zero-order valence-electron chi connectivity index (χ0n) is 23.1. The first-order chi connectivity index (χ1) is 20.3. The molecule has 0 aliphatic carbocycles. The maximum Gasteiger partial charge on any atom is 0.224 e. The number of ketones is 1. The minimum Gasteiger partial charge on any atom is -0.394 e. The highest BCUT2D eigenvalue weighted by molar-refractivity contribution is 6.30. The number of carbonyl (C=O) groups is 2. The molecule has 4 N–H and O–H groups in total. The van der Waals surface area contributed by atoms with E-state index < -0.39 is 24.0 Å². The smallest absolute Gasteiger partial charge is 0.224 e. The molecule has 0 saturated carbocycles. The number of nitrogens with zero attached hydrogens (tertiary/aromatic N) is 2. The van der Waals surface area contributed by atoms with E-state index in [-0.39, 0.29) is 35.6 Å². The molecule has 2 atom stereocenters. The summed E-state index contributed by atoms with van der Waals surface area (Å²) in [5.41, 5.74) is 0.995. The van der Waals surface area contributed by atoms with E-state index in [1.54, 1.807) is 28.8 Å². The number of aliphatic hydroxyl groups excluding tert-OH is 2. The molecule has 2 aromatic carbocycles. The molecule has 0 bridgehead atoms. The fourth-order valence-electron chi connectivity index (χ4n) is 6.07. The first kappa shape index (κ1) is 28.7. The van der Waals surface area contributed by atoms with Gasteiger partial charge in [0.15, 0.2) is 5.43 Å². The largest absolute Gasteiger partial charge is 0.394 e. The summed E-state index contributed by atoms with van der Waals surface area (Å²) in [5.74, 6) is -0.808. The van der Waals surface area contributed by atoms with E-state index in [9.17, 15) is 24.6 Å². The van der Waals surface area contributed by atoms with Crippen LogP contribution in [0.3, 0.4) is 0 Å². The van der Waals surface area contributed by atoms with Crippen LogP contribution in [-0.4, -0.2) is 82.3 Å². The molecule has 11 heteroatoms. The van der Waals surface area contributed by atoms with Crippen molar-refractivity contribution in [2.75, 3.05) is 39.5 Å². The van der Waals surface area contributed by atoms with Gasteiger partial charge < -0.3 is 30.0 Å². The average Bonchev–Trinajstić information content (AvgIpc) is 3.56. The Kier molecular flexibility index (Phi) is 8.01. The lowest BCUT2D eigenvalue weighted by atomic mass is 9.88. The number of aromatic nitrogens is 1. The Morgan fingerprint density at radius 1 is 1.12 bits per heavy atom. The second-order valence-corrected chi connectivity index (χ2v) is 11.6. The fraction of sp³-hybridized carbons (Fsp3) is 0.387. The van der Waals surface area contributed by atoms with Crippen LogP contribution in [0.1, 0.15) is 33.6 Å². The van der Waals surface area contributed by atoms with Crippen LogP contribution in [0.2, 0.25) is 5.02 Å². The number of amides is 1. The van der Waals surface area contributed by atoms with Crippen LogP contribution in [0.4, 0.5) is 0 Å². The number of hydrogen-bond donors (Lipinski definition) is 4. The first-order valence-corrected chi connectivity index (χ1v) is 14.5. The molecule has 0 spiro atoms. The van der Waals surface area contributed by atoms with E-state index >= 15 is 0 Å². The number of aliphatic hydroxyl groups is 2. The number of ether oxygens (including phenoxy) is 1. The lowest BCUT2D eigenvalue weighted by molar-refractivity contribution is -0.120. The minimum atomic E-state index is -1.55. The van der Waals surface area contributed by atoms with E-state index in [2.05, 4.69) is 15.5 Å². The van der Waals surface area contributed by atoms with Gasteiger partial charge in [-0.2, -0.15) is 0 Å². The van der Waals surface area contributed by atoms with Gasteiger partial charge in [0.1, 0.15) is 5.54 Å². The third-order valence-corrected chi connectivity index (χ3v) is 8.64. The van der Waals surface area contributed by atoms with Gasteiger partial charge in [0.25, 0.3) is 0 Å². The van der Waals surface area contributed by atoms with E-state index in [1.165, 1.54) is 0 Å². The molecule has 6 rings (SSSR count). The topological polar surface area (TPSA) is 133 Å². The Morgan fingerprint density at radius 3 is 2.57 bits per heavy atom. The second kappa shape index (κ2) is 11.7. The van der Waals surface area contributed by atoms with Crippen molar-refractivity contribution in [2.45, 2.75) is 37.6 Å². The summed E-state index contributed by atoms with van der Waals surface area (Å²) in [6.45, 7) is 3.51. The Bertz CT molecular complexity index is 1680.